The molecule has 0 spiro atoms. The maximum atomic E-state index is 10.3. The zero-order chi connectivity index (χ0) is 9.19. The lowest BCUT2D eigenvalue weighted by Gasteiger charge is -2.16. The van der Waals surface area contributed by atoms with Gasteiger partial charge in [-0.25, -0.2) is 0 Å². The summed E-state index contributed by atoms with van der Waals surface area (Å²) in [6, 6.07) is 0. The fourth-order valence-electron chi connectivity index (χ4n) is 0.923. The van der Waals surface area contributed by atoms with E-state index in [1.54, 1.807) is 24.7 Å². The van der Waals surface area contributed by atoms with Crippen molar-refractivity contribution < 1.29 is 9.90 Å². The Morgan fingerprint density at radius 2 is 2.42 bits per heavy atom. The van der Waals surface area contributed by atoms with Crippen LogP contribution in [0.15, 0.2) is 12.4 Å². The van der Waals surface area contributed by atoms with Crippen molar-refractivity contribution in [1.29, 1.82) is 0 Å². The Bertz CT molecular complexity index is 273. The average molecular weight is 168 g/mol. The number of hydrogen-bond donors (Lipinski definition) is 1. The van der Waals surface area contributed by atoms with Crippen LogP contribution < -0.4 is 0 Å². The first-order valence-corrected chi connectivity index (χ1v) is 3.71. The van der Waals surface area contributed by atoms with Crippen LogP contribution in [0, 0.1) is 0 Å². The average Bonchev–Trinajstić information content (AvgIpc) is 2.32. The number of aromatic nitrogens is 2. The molecule has 0 amide bonds. The zero-order valence-electron chi connectivity index (χ0n) is 7.19. The predicted octanol–water partition coefficient (Wildman–Crippen LogP) is 0.466. The highest BCUT2D eigenvalue weighted by Crippen LogP contribution is 2.05. The van der Waals surface area contributed by atoms with Gasteiger partial charge in [-0.1, -0.05) is 0 Å². The minimum Gasteiger partial charge on any atom is -0.389 e. The molecule has 0 aliphatic rings. The van der Waals surface area contributed by atoms with Gasteiger partial charge in [-0.3, -0.25) is 9.48 Å². The van der Waals surface area contributed by atoms with E-state index in [4.69, 9.17) is 0 Å². The topological polar surface area (TPSA) is 55.1 Å². The molecule has 66 valence electrons. The molecule has 12 heavy (non-hydrogen) atoms. The smallest absolute Gasteiger partial charge is 0.153 e. The molecule has 0 aliphatic heterocycles. The minimum atomic E-state index is -0.799. The van der Waals surface area contributed by atoms with Crippen LogP contribution in [0.3, 0.4) is 0 Å². The highest BCUT2D eigenvalue weighted by atomic mass is 16.3. The zero-order valence-corrected chi connectivity index (χ0v) is 7.19. The Hall–Kier alpha value is -1.16. The van der Waals surface area contributed by atoms with Gasteiger partial charge in [0.2, 0.25) is 0 Å². The van der Waals surface area contributed by atoms with Gasteiger partial charge in [-0.15, -0.1) is 0 Å². The summed E-state index contributed by atoms with van der Waals surface area (Å²) >= 11 is 0. The SMILES string of the molecule is CC(C)(O)Cn1cc(C=O)cn1. The second-order valence-corrected chi connectivity index (χ2v) is 3.40. The van der Waals surface area contributed by atoms with Gasteiger partial charge in [0.1, 0.15) is 0 Å². The summed E-state index contributed by atoms with van der Waals surface area (Å²) in [5, 5.41) is 13.3. The third kappa shape index (κ3) is 2.47. The Balaban J connectivity index is 2.70. The highest BCUT2D eigenvalue weighted by Gasteiger charge is 2.13. The van der Waals surface area contributed by atoms with E-state index in [2.05, 4.69) is 5.10 Å². The van der Waals surface area contributed by atoms with E-state index in [-0.39, 0.29) is 0 Å². The van der Waals surface area contributed by atoms with E-state index in [0.29, 0.717) is 12.1 Å². The summed E-state index contributed by atoms with van der Waals surface area (Å²) in [4.78, 5) is 10.3. The third-order valence-electron chi connectivity index (χ3n) is 1.34. The molecule has 4 nitrogen and oxygen atoms in total. The molecule has 0 atom stereocenters. The number of hydrogen-bond acceptors (Lipinski definition) is 3. The number of carbonyl (C=O) groups is 1. The van der Waals surface area contributed by atoms with Crippen LogP contribution in [0.25, 0.3) is 0 Å². The molecule has 0 bridgehead atoms. The van der Waals surface area contributed by atoms with E-state index in [1.165, 1.54) is 6.20 Å². The molecule has 1 aromatic heterocycles. The molecule has 0 saturated heterocycles. The summed E-state index contributed by atoms with van der Waals surface area (Å²) in [6.45, 7) is 3.77. The van der Waals surface area contributed by atoms with E-state index < -0.39 is 5.60 Å². The van der Waals surface area contributed by atoms with Gasteiger partial charge in [-0.05, 0) is 13.8 Å². The van der Waals surface area contributed by atoms with E-state index in [1.807, 2.05) is 0 Å². The van der Waals surface area contributed by atoms with E-state index >= 15 is 0 Å². The summed E-state index contributed by atoms with van der Waals surface area (Å²) in [5.74, 6) is 0. The largest absolute Gasteiger partial charge is 0.389 e. The van der Waals surface area contributed by atoms with Gasteiger partial charge in [0.15, 0.2) is 6.29 Å². The molecule has 1 N–H and O–H groups in total. The van der Waals surface area contributed by atoms with Gasteiger partial charge >= 0.3 is 0 Å². The van der Waals surface area contributed by atoms with Crippen LogP contribution in [0.4, 0.5) is 0 Å². The van der Waals surface area contributed by atoms with Gasteiger partial charge in [-0.2, -0.15) is 5.10 Å². The number of carbonyl (C=O) groups excluding carboxylic acids is 1. The number of nitrogens with zero attached hydrogens (tertiary/aromatic N) is 2. The Kier molecular flexibility index (Phi) is 2.28. The number of rotatable bonds is 3. The molecule has 0 aliphatic carbocycles. The lowest BCUT2D eigenvalue weighted by Crippen LogP contribution is -2.26. The second kappa shape index (κ2) is 3.06. The molecule has 0 fully saturated rings. The van der Waals surface area contributed by atoms with Crippen LogP contribution in [-0.4, -0.2) is 26.8 Å². The van der Waals surface area contributed by atoms with Crippen LogP contribution in [0.1, 0.15) is 24.2 Å². The van der Waals surface area contributed by atoms with Crippen LogP contribution in [-0.2, 0) is 6.54 Å². The molecular weight excluding hydrogens is 156 g/mol. The van der Waals surface area contributed by atoms with E-state index in [9.17, 15) is 9.90 Å². The lowest BCUT2D eigenvalue weighted by molar-refractivity contribution is 0.0577. The molecule has 0 aromatic carbocycles. The van der Waals surface area contributed by atoms with Crippen molar-refractivity contribution in [3.05, 3.63) is 18.0 Å². The fourth-order valence-corrected chi connectivity index (χ4v) is 0.923. The summed E-state index contributed by atoms with van der Waals surface area (Å²) in [6.07, 6.45) is 3.80. The Morgan fingerprint density at radius 1 is 1.75 bits per heavy atom. The molecular formula is C8H12N2O2. The minimum absolute atomic E-state index is 0.390. The van der Waals surface area contributed by atoms with Crippen molar-refractivity contribution in [3.8, 4) is 0 Å². The molecule has 0 saturated carbocycles. The maximum Gasteiger partial charge on any atom is 0.153 e. The van der Waals surface area contributed by atoms with Crippen molar-refractivity contribution >= 4 is 6.29 Å². The van der Waals surface area contributed by atoms with Gasteiger partial charge < -0.3 is 5.11 Å². The number of aliphatic hydroxyl groups is 1. The van der Waals surface area contributed by atoms with Crippen molar-refractivity contribution in [3.63, 3.8) is 0 Å². The van der Waals surface area contributed by atoms with Crippen molar-refractivity contribution in [1.82, 2.24) is 9.78 Å². The Morgan fingerprint density at radius 3 is 2.83 bits per heavy atom. The molecule has 1 heterocycles. The van der Waals surface area contributed by atoms with Crippen LogP contribution in [0.5, 0.6) is 0 Å². The first-order valence-electron chi connectivity index (χ1n) is 3.71. The van der Waals surface area contributed by atoms with Crippen molar-refractivity contribution in [2.45, 2.75) is 26.0 Å². The Labute approximate surface area is 70.8 Å². The third-order valence-corrected chi connectivity index (χ3v) is 1.34. The quantitative estimate of drug-likeness (QED) is 0.667. The van der Waals surface area contributed by atoms with Crippen molar-refractivity contribution in [2.24, 2.45) is 0 Å². The van der Waals surface area contributed by atoms with Gasteiger partial charge in [0, 0.05) is 6.20 Å². The summed E-state index contributed by atoms with van der Waals surface area (Å²) in [5.41, 5.74) is -0.272. The molecule has 1 rings (SSSR count). The maximum absolute atomic E-state index is 10.3. The monoisotopic (exact) mass is 168 g/mol. The standard InChI is InChI=1S/C8H12N2O2/c1-8(2,12)6-10-4-7(5-11)3-9-10/h3-5,12H,6H2,1-2H3. The number of aldehydes is 1. The van der Waals surface area contributed by atoms with E-state index in [0.717, 1.165) is 6.29 Å². The lowest BCUT2D eigenvalue weighted by atomic mass is 10.1. The molecule has 0 radical (unpaired) electrons. The van der Waals surface area contributed by atoms with Gasteiger partial charge in [0.05, 0.1) is 23.9 Å². The molecule has 0 unspecified atom stereocenters. The highest BCUT2D eigenvalue weighted by molar-refractivity contribution is 5.73. The van der Waals surface area contributed by atoms with Crippen LogP contribution in [0.2, 0.25) is 0 Å². The van der Waals surface area contributed by atoms with Crippen LogP contribution >= 0.6 is 0 Å². The predicted molar refractivity (Wildman–Crippen MR) is 43.9 cm³/mol. The first-order chi connectivity index (χ1) is 5.51. The normalized spacial score (nSPS) is 11.6. The fraction of sp³-hybridized carbons (Fsp3) is 0.500. The summed E-state index contributed by atoms with van der Waals surface area (Å²) < 4.78 is 1.55. The molecule has 4 heteroatoms. The van der Waals surface area contributed by atoms with Gasteiger partial charge in [0.25, 0.3) is 0 Å². The second-order valence-electron chi connectivity index (χ2n) is 3.40. The summed E-state index contributed by atoms with van der Waals surface area (Å²) in [7, 11) is 0. The molecule has 1 aromatic rings. The first kappa shape index (κ1) is 8.93. The van der Waals surface area contributed by atoms with Crippen molar-refractivity contribution in [2.75, 3.05) is 0 Å².